The molecule has 1 amide bonds. The molecule has 2 rings (SSSR count). The van der Waals surface area contributed by atoms with Crippen molar-refractivity contribution in [1.82, 2.24) is 10.2 Å². The van der Waals surface area contributed by atoms with Gasteiger partial charge in [-0.3, -0.25) is 10.1 Å². The van der Waals surface area contributed by atoms with E-state index in [9.17, 15) is 4.79 Å². The van der Waals surface area contributed by atoms with Crippen LogP contribution in [0.4, 0.5) is 0 Å². The molecular weight excluding hydrogens is 232 g/mol. The van der Waals surface area contributed by atoms with Crippen LogP contribution < -0.4 is 5.32 Å². The van der Waals surface area contributed by atoms with Gasteiger partial charge in [0.15, 0.2) is 0 Å². The highest BCUT2D eigenvalue weighted by Gasteiger charge is 2.39. The Morgan fingerprint density at radius 3 is 2.82 bits per heavy atom. The van der Waals surface area contributed by atoms with E-state index in [0.717, 1.165) is 11.5 Å². The van der Waals surface area contributed by atoms with E-state index < -0.39 is 0 Å². The van der Waals surface area contributed by atoms with E-state index in [-0.39, 0.29) is 0 Å². The summed E-state index contributed by atoms with van der Waals surface area (Å²) in [6.07, 6.45) is 5.56. The first-order valence-corrected chi connectivity index (χ1v) is 8.01. The Morgan fingerprint density at radius 2 is 2.18 bits per heavy atom. The molecule has 1 N–H and O–H groups in total. The van der Waals surface area contributed by atoms with Crippen LogP contribution in [0.5, 0.6) is 0 Å². The minimum absolute atomic E-state index is 0.297. The van der Waals surface area contributed by atoms with Gasteiger partial charge in [-0.2, -0.15) is 11.8 Å². The van der Waals surface area contributed by atoms with Crippen molar-refractivity contribution < 1.29 is 4.79 Å². The van der Waals surface area contributed by atoms with Crippen LogP contribution in [-0.2, 0) is 4.79 Å². The summed E-state index contributed by atoms with van der Waals surface area (Å²) in [5, 5.41) is 3.42. The Balaban J connectivity index is 1.97. The van der Waals surface area contributed by atoms with Gasteiger partial charge >= 0.3 is 0 Å². The molecule has 1 saturated carbocycles. The van der Waals surface area contributed by atoms with Gasteiger partial charge in [-0.25, -0.2) is 0 Å². The Bertz CT molecular complexity index is 266. The largest absolute Gasteiger partial charge is 0.322 e. The highest BCUT2D eigenvalue weighted by atomic mass is 32.2. The molecule has 0 aromatic carbocycles. The maximum atomic E-state index is 12.0. The third kappa shape index (κ3) is 2.97. The minimum Gasteiger partial charge on any atom is -0.322 e. The summed E-state index contributed by atoms with van der Waals surface area (Å²) in [5.41, 5.74) is 0. The lowest BCUT2D eigenvalue weighted by molar-refractivity contribution is -0.130. The summed E-state index contributed by atoms with van der Waals surface area (Å²) in [4.78, 5) is 14.1. The molecule has 0 bridgehead atoms. The highest BCUT2D eigenvalue weighted by Crippen LogP contribution is 2.32. The SMILES string of the molecule is CCSCC(C)N1C(=O)CNC1C1CCCC1. The molecule has 1 aliphatic carbocycles. The molecule has 1 aliphatic heterocycles. The van der Waals surface area contributed by atoms with Crippen molar-refractivity contribution in [2.45, 2.75) is 51.7 Å². The molecule has 1 heterocycles. The van der Waals surface area contributed by atoms with Crippen molar-refractivity contribution in [3.8, 4) is 0 Å². The number of thioether (sulfide) groups is 1. The predicted molar refractivity (Wildman–Crippen MR) is 73.1 cm³/mol. The quantitative estimate of drug-likeness (QED) is 0.817. The predicted octanol–water partition coefficient (Wildman–Crippen LogP) is 2.08. The molecule has 2 fully saturated rings. The van der Waals surface area contributed by atoms with E-state index in [4.69, 9.17) is 0 Å². The first-order valence-electron chi connectivity index (χ1n) is 6.86. The Labute approximate surface area is 109 Å². The van der Waals surface area contributed by atoms with Crippen LogP contribution in [0.25, 0.3) is 0 Å². The maximum Gasteiger partial charge on any atom is 0.238 e. The first kappa shape index (κ1) is 13.2. The van der Waals surface area contributed by atoms with E-state index >= 15 is 0 Å². The molecule has 0 aromatic rings. The van der Waals surface area contributed by atoms with E-state index in [1.807, 2.05) is 11.8 Å². The number of carbonyl (C=O) groups is 1. The monoisotopic (exact) mass is 256 g/mol. The fraction of sp³-hybridized carbons (Fsp3) is 0.923. The zero-order chi connectivity index (χ0) is 12.3. The summed E-state index contributed by atoms with van der Waals surface area (Å²) in [6.45, 7) is 4.91. The maximum absolute atomic E-state index is 12.0. The fourth-order valence-corrected chi connectivity index (χ4v) is 3.83. The first-order chi connectivity index (χ1) is 8.24. The van der Waals surface area contributed by atoms with Gasteiger partial charge in [0.05, 0.1) is 12.7 Å². The number of hydrogen-bond donors (Lipinski definition) is 1. The average Bonchev–Trinajstić information content (AvgIpc) is 2.94. The topological polar surface area (TPSA) is 32.3 Å². The van der Waals surface area contributed by atoms with Crippen molar-refractivity contribution in [3.63, 3.8) is 0 Å². The zero-order valence-electron chi connectivity index (χ0n) is 10.9. The van der Waals surface area contributed by atoms with Gasteiger partial charge in [0, 0.05) is 11.8 Å². The molecular formula is C13H24N2OS. The van der Waals surface area contributed by atoms with Crippen LogP contribution in [-0.4, -0.2) is 41.1 Å². The second-order valence-corrected chi connectivity index (χ2v) is 6.50. The average molecular weight is 256 g/mol. The van der Waals surface area contributed by atoms with Crippen molar-refractivity contribution >= 4 is 17.7 Å². The molecule has 3 nitrogen and oxygen atoms in total. The van der Waals surface area contributed by atoms with Gasteiger partial charge in [0.25, 0.3) is 0 Å². The zero-order valence-corrected chi connectivity index (χ0v) is 11.8. The van der Waals surface area contributed by atoms with Gasteiger partial charge in [-0.05, 0) is 31.4 Å². The summed E-state index contributed by atoms with van der Waals surface area (Å²) in [5.74, 6) is 3.18. The van der Waals surface area contributed by atoms with Crippen molar-refractivity contribution in [1.29, 1.82) is 0 Å². The smallest absolute Gasteiger partial charge is 0.238 e. The van der Waals surface area contributed by atoms with Crippen molar-refractivity contribution in [2.24, 2.45) is 5.92 Å². The summed E-state index contributed by atoms with van der Waals surface area (Å²) >= 11 is 1.93. The van der Waals surface area contributed by atoms with Crippen LogP contribution in [0.15, 0.2) is 0 Å². The molecule has 98 valence electrons. The van der Waals surface area contributed by atoms with Crippen LogP contribution in [0.1, 0.15) is 39.5 Å². The van der Waals surface area contributed by atoms with Gasteiger partial charge < -0.3 is 4.90 Å². The Morgan fingerprint density at radius 1 is 1.47 bits per heavy atom. The fourth-order valence-electron chi connectivity index (χ4n) is 3.09. The van der Waals surface area contributed by atoms with Crippen LogP contribution in [0.3, 0.4) is 0 Å². The molecule has 2 aliphatic rings. The second kappa shape index (κ2) is 6.10. The van der Waals surface area contributed by atoms with Gasteiger partial charge in [-0.15, -0.1) is 0 Å². The van der Waals surface area contributed by atoms with E-state index in [0.29, 0.717) is 30.6 Å². The lowest BCUT2D eigenvalue weighted by Crippen LogP contribution is -2.48. The molecule has 2 unspecified atom stereocenters. The van der Waals surface area contributed by atoms with Crippen LogP contribution in [0, 0.1) is 5.92 Å². The third-order valence-corrected chi connectivity index (χ3v) is 5.06. The van der Waals surface area contributed by atoms with Crippen molar-refractivity contribution in [2.75, 3.05) is 18.1 Å². The third-order valence-electron chi connectivity index (χ3n) is 3.93. The Kier molecular flexibility index (Phi) is 4.74. The minimum atomic E-state index is 0.297. The molecule has 0 radical (unpaired) electrons. The lowest BCUT2D eigenvalue weighted by Gasteiger charge is -2.33. The van der Waals surface area contributed by atoms with Crippen LogP contribution >= 0.6 is 11.8 Å². The van der Waals surface area contributed by atoms with E-state index in [1.165, 1.54) is 25.7 Å². The van der Waals surface area contributed by atoms with E-state index in [1.54, 1.807) is 0 Å². The summed E-state index contributed by atoms with van der Waals surface area (Å²) in [6, 6.07) is 0.369. The van der Waals surface area contributed by atoms with Crippen LogP contribution in [0.2, 0.25) is 0 Å². The normalized spacial score (nSPS) is 28.0. The molecule has 1 saturated heterocycles. The molecule has 17 heavy (non-hydrogen) atoms. The number of nitrogens with one attached hydrogen (secondary N) is 1. The number of nitrogens with zero attached hydrogens (tertiary/aromatic N) is 1. The Hall–Kier alpha value is -0.220. The number of hydrogen-bond acceptors (Lipinski definition) is 3. The summed E-state index contributed by atoms with van der Waals surface area (Å²) in [7, 11) is 0. The second-order valence-electron chi connectivity index (χ2n) is 5.18. The molecule has 2 atom stereocenters. The van der Waals surface area contributed by atoms with Crippen molar-refractivity contribution in [3.05, 3.63) is 0 Å². The van der Waals surface area contributed by atoms with Gasteiger partial charge in [0.1, 0.15) is 0 Å². The summed E-state index contributed by atoms with van der Waals surface area (Å²) < 4.78 is 0. The van der Waals surface area contributed by atoms with E-state index in [2.05, 4.69) is 24.1 Å². The molecule has 0 aromatic heterocycles. The van der Waals surface area contributed by atoms with Gasteiger partial charge in [0.2, 0.25) is 5.91 Å². The molecule has 0 spiro atoms. The highest BCUT2D eigenvalue weighted by molar-refractivity contribution is 7.99. The standard InChI is InChI=1S/C13H24N2OS/c1-3-17-9-10(2)15-12(16)8-14-13(15)11-6-4-5-7-11/h10-11,13-14H,3-9H2,1-2H3. The molecule has 4 heteroatoms. The lowest BCUT2D eigenvalue weighted by atomic mass is 10.0. The number of carbonyl (C=O) groups excluding carboxylic acids is 1. The number of amides is 1. The van der Waals surface area contributed by atoms with Gasteiger partial charge in [-0.1, -0.05) is 19.8 Å². The number of rotatable bonds is 5.